The monoisotopic (exact) mass is 303 g/mol. The molecule has 3 nitrogen and oxygen atoms in total. The fourth-order valence-corrected chi connectivity index (χ4v) is 3.07. The quantitative estimate of drug-likeness (QED) is 0.872. The van der Waals surface area contributed by atoms with E-state index in [0.29, 0.717) is 6.04 Å². The number of hydrogen-bond acceptors (Lipinski definition) is 3. The van der Waals surface area contributed by atoms with Crippen LogP contribution in [0.15, 0.2) is 41.8 Å². The fraction of sp³-hybridized carbons (Fsp3) is 0.353. The van der Waals surface area contributed by atoms with Crippen LogP contribution >= 0.6 is 11.3 Å². The van der Waals surface area contributed by atoms with Crippen molar-refractivity contribution in [3.63, 3.8) is 0 Å². The molecule has 0 fully saturated rings. The average Bonchev–Trinajstić information content (AvgIpc) is 3.00. The second kappa shape index (κ2) is 6.87. The van der Waals surface area contributed by atoms with Gasteiger partial charge in [-0.1, -0.05) is 30.3 Å². The van der Waals surface area contributed by atoms with Gasteiger partial charge in [0.2, 0.25) is 0 Å². The SMILES string of the molecule is CC(C(=O)O)c1ccc(CN(C)C(C)c2cccs2)cc1. The van der Waals surface area contributed by atoms with Gasteiger partial charge < -0.3 is 5.11 Å². The summed E-state index contributed by atoms with van der Waals surface area (Å²) in [7, 11) is 2.11. The smallest absolute Gasteiger partial charge is 0.310 e. The predicted octanol–water partition coefficient (Wildman–Crippen LogP) is 4.13. The van der Waals surface area contributed by atoms with E-state index in [1.54, 1.807) is 18.3 Å². The molecule has 0 spiro atoms. The van der Waals surface area contributed by atoms with Crippen LogP contribution in [0.5, 0.6) is 0 Å². The van der Waals surface area contributed by atoms with Gasteiger partial charge >= 0.3 is 5.97 Å². The van der Waals surface area contributed by atoms with E-state index in [2.05, 4.69) is 36.4 Å². The average molecular weight is 303 g/mol. The Balaban J connectivity index is 2.01. The summed E-state index contributed by atoms with van der Waals surface area (Å²) < 4.78 is 0. The lowest BCUT2D eigenvalue weighted by Crippen LogP contribution is -2.21. The largest absolute Gasteiger partial charge is 0.481 e. The van der Waals surface area contributed by atoms with Crippen molar-refractivity contribution in [2.24, 2.45) is 0 Å². The first-order valence-corrected chi connectivity index (χ1v) is 7.92. The molecular weight excluding hydrogens is 282 g/mol. The van der Waals surface area contributed by atoms with E-state index in [1.807, 2.05) is 24.3 Å². The summed E-state index contributed by atoms with van der Waals surface area (Å²) in [6.07, 6.45) is 0. The van der Waals surface area contributed by atoms with Crippen LogP contribution in [0.1, 0.15) is 41.8 Å². The predicted molar refractivity (Wildman–Crippen MR) is 86.7 cm³/mol. The molecule has 0 aliphatic heterocycles. The highest BCUT2D eigenvalue weighted by molar-refractivity contribution is 7.10. The molecule has 0 saturated carbocycles. The fourth-order valence-electron chi connectivity index (χ4n) is 2.23. The lowest BCUT2D eigenvalue weighted by atomic mass is 10.00. The van der Waals surface area contributed by atoms with Gasteiger partial charge in [0, 0.05) is 17.5 Å². The molecule has 1 aromatic heterocycles. The van der Waals surface area contributed by atoms with Crippen molar-refractivity contribution in [3.8, 4) is 0 Å². The van der Waals surface area contributed by atoms with Crippen LogP contribution in [0.25, 0.3) is 0 Å². The molecule has 112 valence electrons. The van der Waals surface area contributed by atoms with Crippen LogP contribution in [0.4, 0.5) is 0 Å². The minimum Gasteiger partial charge on any atom is -0.481 e. The maximum absolute atomic E-state index is 11.0. The van der Waals surface area contributed by atoms with Gasteiger partial charge in [0.15, 0.2) is 0 Å². The highest BCUT2D eigenvalue weighted by Crippen LogP contribution is 2.25. The van der Waals surface area contributed by atoms with Crippen molar-refractivity contribution < 1.29 is 9.90 Å². The molecule has 21 heavy (non-hydrogen) atoms. The first-order valence-electron chi connectivity index (χ1n) is 7.04. The Morgan fingerprint density at radius 1 is 1.24 bits per heavy atom. The third-order valence-electron chi connectivity index (χ3n) is 3.90. The number of rotatable bonds is 6. The van der Waals surface area contributed by atoms with Crippen LogP contribution in [-0.4, -0.2) is 23.0 Å². The minimum absolute atomic E-state index is 0.377. The molecule has 0 aliphatic rings. The van der Waals surface area contributed by atoms with E-state index in [9.17, 15) is 4.79 Å². The molecule has 0 amide bonds. The third-order valence-corrected chi connectivity index (χ3v) is 4.94. The maximum Gasteiger partial charge on any atom is 0.310 e. The molecule has 1 heterocycles. The van der Waals surface area contributed by atoms with Crippen LogP contribution in [-0.2, 0) is 11.3 Å². The van der Waals surface area contributed by atoms with Gasteiger partial charge in [-0.3, -0.25) is 9.69 Å². The van der Waals surface area contributed by atoms with Crippen molar-refractivity contribution in [1.82, 2.24) is 4.90 Å². The van der Waals surface area contributed by atoms with Gasteiger partial charge in [0.05, 0.1) is 5.92 Å². The Labute approximate surface area is 129 Å². The summed E-state index contributed by atoms with van der Waals surface area (Å²) in [6.45, 7) is 4.76. The van der Waals surface area contributed by atoms with Crippen LogP contribution in [0.2, 0.25) is 0 Å². The number of carboxylic acids is 1. The Bertz CT molecular complexity index is 577. The number of hydrogen-bond donors (Lipinski definition) is 1. The van der Waals surface area contributed by atoms with Crippen molar-refractivity contribution >= 4 is 17.3 Å². The highest BCUT2D eigenvalue weighted by Gasteiger charge is 2.15. The van der Waals surface area contributed by atoms with E-state index in [4.69, 9.17) is 5.11 Å². The van der Waals surface area contributed by atoms with Crippen molar-refractivity contribution in [2.45, 2.75) is 32.4 Å². The lowest BCUT2D eigenvalue weighted by molar-refractivity contribution is -0.138. The van der Waals surface area contributed by atoms with Gasteiger partial charge in [-0.2, -0.15) is 0 Å². The number of benzene rings is 1. The van der Waals surface area contributed by atoms with Gasteiger partial charge in [-0.15, -0.1) is 11.3 Å². The summed E-state index contributed by atoms with van der Waals surface area (Å²) in [5.41, 5.74) is 2.04. The molecule has 4 heteroatoms. The number of carboxylic acid groups (broad SMARTS) is 1. The number of carbonyl (C=O) groups is 1. The van der Waals surface area contributed by atoms with E-state index < -0.39 is 11.9 Å². The van der Waals surface area contributed by atoms with Gasteiger partial charge in [0.25, 0.3) is 0 Å². The molecule has 1 N–H and O–H groups in total. The summed E-state index contributed by atoms with van der Waals surface area (Å²) in [5.74, 6) is -1.24. The van der Waals surface area contributed by atoms with Crippen molar-refractivity contribution in [3.05, 3.63) is 57.8 Å². The van der Waals surface area contributed by atoms with E-state index in [-0.39, 0.29) is 0 Å². The standard InChI is InChI=1S/C17H21NO2S/c1-12(17(19)20)15-8-6-14(7-9-15)11-18(3)13(2)16-5-4-10-21-16/h4-10,12-13H,11H2,1-3H3,(H,19,20). The zero-order valence-corrected chi connectivity index (χ0v) is 13.4. The van der Waals surface area contributed by atoms with Gasteiger partial charge in [0.1, 0.15) is 0 Å². The Morgan fingerprint density at radius 3 is 2.43 bits per heavy atom. The first-order chi connectivity index (χ1) is 9.99. The summed E-state index contributed by atoms with van der Waals surface area (Å²) >= 11 is 1.77. The molecule has 0 radical (unpaired) electrons. The molecule has 2 atom stereocenters. The molecule has 2 rings (SSSR count). The Kier molecular flexibility index (Phi) is 5.15. The lowest BCUT2D eigenvalue weighted by Gasteiger charge is -2.24. The van der Waals surface area contributed by atoms with Crippen LogP contribution in [0, 0.1) is 0 Å². The molecule has 0 aliphatic carbocycles. The first kappa shape index (κ1) is 15.7. The third kappa shape index (κ3) is 3.93. The van der Waals surface area contributed by atoms with Crippen molar-refractivity contribution in [2.75, 3.05) is 7.05 Å². The maximum atomic E-state index is 11.0. The van der Waals surface area contributed by atoms with Crippen LogP contribution in [0.3, 0.4) is 0 Å². The number of aliphatic carboxylic acids is 1. The topological polar surface area (TPSA) is 40.5 Å². The molecule has 0 bridgehead atoms. The zero-order chi connectivity index (χ0) is 15.4. The van der Waals surface area contributed by atoms with E-state index in [1.165, 1.54) is 10.4 Å². The second-order valence-electron chi connectivity index (χ2n) is 5.41. The zero-order valence-electron chi connectivity index (χ0n) is 12.6. The number of thiophene rings is 1. The Morgan fingerprint density at radius 2 is 1.90 bits per heavy atom. The summed E-state index contributed by atoms with van der Waals surface area (Å²) in [4.78, 5) is 14.6. The molecule has 1 aromatic carbocycles. The van der Waals surface area contributed by atoms with Gasteiger partial charge in [-0.05, 0) is 43.5 Å². The van der Waals surface area contributed by atoms with Crippen molar-refractivity contribution in [1.29, 1.82) is 0 Å². The van der Waals surface area contributed by atoms with Gasteiger partial charge in [-0.25, -0.2) is 0 Å². The molecule has 0 saturated heterocycles. The number of nitrogens with zero attached hydrogens (tertiary/aromatic N) is 1. The minimum atomic E-state index is -0.786. The second-order valence-corrected chi connectivity index (χ2v) is 6.39. The van der Waals surface area contributed by atoms with E-state index in [0.717, 1.165) is 12.1 Å². The van der Waals surface area contributed by atoms with Crippen LogP contribution < -0.4 is 0 Å². The Hall–Kier alpha value is -1.65. The molecule has 2 aromatic rings. The molecule has 2 unspecified atom stereocenters. The highest BCUT2D eigenvalue weighted by atomic mass is 32.1. The van der Waals surface area contributed by atoms with E-state index >= 15 is 0 Å². The summed E-state index contributed by atoms with van der Waals surface area (Å²) in [5, 5.41) is 11.1. The summed E-state index contributed by atoms with van der Waals surface area (Å²) in [6, 6.07) is 12.5. The molecular formula is C17H21NO2S. The normalized spacial score (nSPS) is 14.1.